The summed E-state index contributed by atoms with van der Waals surface area (Å²) in [6.45, 7) is 9.86. The van der Waals surface area contributed by atoms with Crippen LogP contribution < -0.4 is 5.32 Å². The predicted octanol–water partition coefficient (Wildman–Crippen LogP) is 2.50. The van der Waals surface area contributed by atoms with Crippen LogP contribution in [0, 0.1) is 11.8 Å². The van der Waals surface area contributed by atoms with E-state index in [1.165, 1.54) is 58.3 Å². The molecule has 0 spiro atoms. The van der Waals surface area contributed by atoms with Gasteiger partial charge in [0.15, 0.2) is 0 Å². The zero-order chi connectivity index (χ0) is 11.4. The normalized spacial score (nSPS) is 33.9. The Labute approximate surface area is 101 Å². The minimum atomic E-state index is 0.730. The second-order valence-electron chi connectivity index (χ2n) is 6.07. The van der Waals surface area contributed by atoms with Gasteiger partial charge in [0.2, 0.25) is 0 Å². The van der Waals surface area contributed by atoms with E-state index in [9.17, 15) is 0 Å². The van der Waals surface area contributed by atoms with Crippen molar-refractivity contribution >= 4 is 0 Å². The van der Waals surface area contributed by atoms with E-state index in [0.717, 1.165) is 17.9 Å². The van der Waals surface area contributed by atoms with Gasteiger partial charge in [-0.1, -0.05) is 12.8 Å². The Kier molecular flexibility index (Phi) is 4.66. The van der Waals surface area contributed by atoms with E-state index >= 15 is 0 Å². The molecular formula is C14H28N2. The minimum Gasteiger partial charge on any atom is -0.316 e. The molecule has 2 aliphatic heterocycles. The zero-order valence-electron chi connectivity index (χ0n) is 11.0. The second kappa shape index (κ2) is 6.02. The lowest BCUT2D eigenvalue weighted by Crippen LogP contribution is -2.47. The summed E-state index contributed by atoms with van der Waals surface area (Å²) >= 11 is 0. The molecule has 0 aromatic carbocycles. The van der Waals surface area contributed by atoms with Crippen LogP contribution in [0.4, 0.5) is 0 Å². The highest BCUT2D eigenvalue weighted by molar-refractivity contribution is 4.82. The monoisotopic (exact) mass is 224 g/mol. The maximum atomic E-state index is 3.64. The van der Waals surface area contributed by atoms with Gasteiger partial charge in [0.1, 0.15) is 0 Å². The lowest BCUT2D eigenvalue weighted by Gasteiger charge is -2.40. The average Bonchev–Trinajstić information content (AvgIpc) is 2.27. The zero-order valence-corrected chi connectivity index (χ0v) is 11.0. The summed E-state index contributed by atoms with van der Waals surface area (Å²) in [7, 11) is 0. The van der Waals surface area contributed by atoms with Gasteiger partial charge in [-0.2, -0.15) is 0 Å². The Balaban J connectivity index is 1.93. The summed E-state index contributed by atoms with van der Waals surface area (Å²) in [5.74, 6) is 1.88. The van der Waals surface area contributed by atoms with Crippen molar-refractivity contribution in [3.05, 3.63) is 0 Å². The van der Waals surface area contributed by atoms with Crippen LogP contribution in [-0.4, -0.2) is 37.1 Å². The van der Waals surface area contributed by atoms with Crippen LogP contribution in [-0.2, 0) is 0 Å². The van der Waals surface area contributed by atoms with Crippen molar-refractivity contribution in [1.29, 1.82) is 0 Å². The van der Waals surface area contributed by atoms with Gasteiger partial charge in [-0.15, -0.1) is 0 Å². The lowest BCUT2D eigenvalue weighted by atomic mass is 9.84. The number of likely N-dealkylation sites (tertiary alicyclic amines) is 1. The fourth-order valence-electron chi connectivity index (χ4n) is 3.30. The van der Waals surface area contributed by atoms with Crippen molar-refractivity contribution < 1.29 is 0 Å². The van der Waals surface area contributed by atoms with Crippen LogP contribution in [0.1, 0.15) is 46.0 Å². The first kappa shape index (κ1) is 12.4. The van der Waals surface area contributed by atoms with E-state index < -0.39 is 0 Å². The number of nitrogens with one attached hydrogen (secondary N) is 1. The molecule has 2 fully saturated rings. The molecule has 2 heterocycles. The molecule has 2 unspecified atom stereocenters. The van der Waals surface area contributed by atoms with E-state index in [0.29, 0.717) is 0 Å². The summed E-state index contributed by atoms with van der Waals surface area (Å²) < 4.78 is 0. The third-order valence-corrected chi connectivity index (χ3v) is 4.28. The van der Waals surface area contributed by atoms with E-state index in [-0.39, 0.29) is 0 Å². The third-order valence-electron chi connectivity index (χ3n) is 4.28. The van der Waals surface area contributed by atoms with E-state index in [1.54, 1.807) is 0 Å². The van der Waals surface area contributed by atoms with Crippen LogP contribution in [0.5, 0.6) is 0 Å². The largest absolute Gasteiger partial charge is 0.316 e. The SMILES string of the molecule is CC(C)N1CC2CCCCCNCC(C2)C1. The first-order valence-electron chi connectivity index (χ1n) is 7.20. The molecule has 0 saturated carbocycles. The molecular weight excluding hydrogens is 196 g/mol. The summed E-state index contributed by atoms with van der Waals surface area (Å²) in [5.41, 5.74) is 0. The van der Waals surface area contributed by atoms with Gasteiger partial charge in [-0.25, -0.2) is 0 Å². The number of hydrogen-bond acceptors (Lipinski definition) is 2. The molecule has 2 aliphatic rings. The van der Waals surface area contributed by atoms with Gasteiger partial charge < -0.3 is 10.2 Å². The highest BCUT2D eigenvalue weighted by atomic mass is 15.2. The van der Waals surface area contributed by atoms with Crippen molar-refractivity contribution in [2.24, 2.45) is 11.8 Å². The Morgan fingerprint density at radius 2 is 1.88 bits per heavy atom. The smallest absolute Gasteiger partial charge is 0.00388 e. The number of fused-ring (bicyclic) bond motifs is 2. The maximum Gasteiger partial charge on any atom is 0.00388 e. The van der Waals surface area contributed by atoms with Crippen LogP contribution in [0.25, 0.3) is 0 Å². The molecule has 2 saturated heterocycles. The van der Waals surface area contributed by atoms with Gasteiger partial charge in [-0.3, -0.25) is 0 Å². The Morgan fingerprint density at radius 3 is 2.69 bits per heavy atom. The van der Waals surface area contributed by atoms with E-state index in [1.807, 2.05) is 0 Å². The van der Waals surface area contributed by atoms with Crippen LogP contribution >= 0.6 is 0 Å². The molecule has 2 rings (SSSR count). The number of rotatable bonds is 1. The molecule has 2 nitrogen and oxygen atoms in total. The Hall–Kier alpha value is -0.0800. The molecule has 2 atom stereocenters. The van der Waals surface area contributed by atoms with Gasteiger partial charge >= 0.3 is 0 Å². The maximum absolute atomic E-state index is 3.64. The standard InChI is InChI=1S/C14H28N2/c1-12(2)16-10-13-6-4-3-5-7-15-9-14(8-13)11-16/h12-15H,3-11H2,1-2H3. The molecule has 0 aromatic rings. The van der Waals surface area contributed by atoms with Crippen molar-refractivity contribution in [2.75, 3.05) is 26.2 Å². The topological polar surface area (TPSA) is 15.3 Å². The first-order valence-corrected chi connectivity index (χ1v) is 7.20. The molecule has 0 aromatic heterocycles. The minimum absolute atomic E-state index is 0.730. The molecule has 0 amide bonds. The summed E-state index contributed by atoms with van der Waals surface area (Å²) in [6.07, 6.45) is 7.20. The number of nitrogens with zero attached hydrogens (tertiary/aromatic N) is 1. The second-order valence-corrected chi connectivity index (χ2v) is 6.07. The summed E-state index contributed by atoms with van der Waals surface area (Å²) in [5, 5.41) is 3.64. The van der Waals surface area contributed by atoms with E-state index in [4.69, 9.17) is 0 Å². The number of hydrogen-bond donors (Lipinski definition) is 1. The molecule has 94 valence electrons. The Bertz CT molecular complexity index is 187. The summed E-state index contributed by atoms with van der Waals surface area (Å²) in [6, 6.07) is 0.730. The van der Waals surface area contributed by atoms with Crippen LogP contribution in [0.3, 0.4) is 0 Å². The van der Waals surface area contributed by atoms with Gasteiger partial charge in [0.25, 0.3) is 0 Å². The molecule has 16 heavy (non-hydrogen) atoms. The first-order chi connectivity index (χ1) is 7.75. The van der Waals surface area contributed by atoms with Crippen molar-refractivity contribution in [2.45, 2.75) is 52.0 Å². The van der Waals surface area contributed by atoms with Crippen LogP contribution in [0.2, 0.25) is 0 Å². The predicted molar refractivity (Wildman–Crippen MR) is 69.6 cm³/mol. The molecule has 1 N–H and O–H groups in total. The molecule has 2 bridgehead atoms. The van der Waals surface area contributed by atoms with Crippen molar-refractivity contribution in [1.82, 2.24) is 10.2 Å². The van der Waals surface area contributed by atoms with Crippen LogP contribution in [0.15, 0.2) is 0 Å². The van der Waals surface area contributed by atoms with Crippen molar-refractivity contribution in [3.63, 3.8) is 0 Å². The quantitative estimate of drug-likeness (QED) is 0.736. The molecule has 2 heteroatoms. The average molecular weight is 224 g/mol. The fraction of sp³-hybridized carbons (Fsp3) is 1.00. The summed E-state index contributed by atoms with van der Waals surface area (Å²) in [4.78, 5) is 2.70. The Morgan fingerprint density at radius 1 is 1.06 bits per heavy atom. The van der Waals surface area contributed by atoms with Gasteiger partial charge in [-0.05, 0) is 58.0 Å². The van der Waals surface area contributed by atoms with Crippen molar-refractivity contribution in [3.8, 4) is 0 Å². The number of piperidine rings is 1. The van der Waals surface area contributed by atoms with E-state index in [2.05, 4.69) is 24.1 Å². The third kappa shape index (κ3) is 3.46. The highest BCUT2D eigenvalue weighted by Gasteiger charge is 2.28. The highest BCUT2D eigenvalue weighted by Crippen LogP contribution is 2.27. The lowest BCUT2D eigenvalue weighted by molar-refractivity contribution is 0.0887. The fourth-order valence-corrected chi connectivity index (χ4v) is 3.30. The molecule has 0 aliphatic carbocycles. The van der Waals surface area contributed by atoms with Gasteiger partial charge in [0, 0.05) is 19.1 Å². The van der Waals surface area contributed by atoms with Gasteiger partial charge in [0.05, 0.1) is 0 Å². The molecule has 0 radical (unpaired) electrons.